The second-order valence-corrected chi connectivity index (χ2v) is 6.98. The lowest BCUT2D eigenvalue weighted by atomic mass is 9.60. The standard InChI is InChI=1S/C18H24N2O5/c1-3-25-15-11-14(18(15)9-4-5-10-18)19(2)17(22)12-7-6-8-13(16(12)21)20(23)24/h6-8,14-15,21H,3-5,9-11H2,1-2H3/t14-,15-/m1/s1. The lowest BCUT2D eigenvalue weighted by Crippen LogP contribution is -2.64. The van der Waals surface area contributed by atoms with E-state index in [1.807, 2.05) is 6.92 Å². The molecule has 0 aliphatic heterocycles. The lowest BCUT2D eigenvalue weighted by molar-refractivity contribution is -0.385. The van der Waals surface area contributed by atoms with Gasteiger partial charge in [-0.2, -0.15) is 0 Å². The number of benzene rings is 1. The molecular formula is C18H24N2O5. The zero-order valence-electron chi connectivity index (χ0n) is 14.6. The Morgan fingerprint density at radius 2 is 2.12 bits per heavy atom. The van der Waals surface area contributed by atoms with Crippen molar-refractivity contribution in [3.05, 3.63) is 33.9 Å². The molecule has 1 spiro atoms. The average molecular weight is 348 g/mol. The molecule has 136 valence electrons. The number of hydrogen-bond acceptors (Lipinski definition) is 5. The molecule has 25 heavy (non-hydrogen) atoms. The van der Waals surface area contributed by atoms with Gasteiger partial charge in [-0.15, -0.1) is 0 Å². The zero-order chi connectivity index (χ0) is 18.2. The molecule has 7 nitrogen and oxygen atoms in total. The van der Waals surface area contributed by atoms with Crippen LogP contribution >= 0.6 is 0 Å². The third kappa shape index (κ3) is 2.76. The van der Waals surface area contributed by atoms with E-state index in [-0.39, 0.29) is 29.0 Å². The molecule has 2 atom stereocenters. The minimum atomic E-state index is -0.682. The molecule has 1 N–H and O–H groups in total. The Kier molecular flexibility index (Phi) is 4.69. The maximum Gasteiger partial charge on any atom is 0.311 e. The maximum absolute atomic E-state index is 12.9. The van der Waals surface area contributed by atoms with Gasteiger partial charge in [0, 0.05) is 31.2 Å². The average Bonchev–Trinajstić information content (AvgIpc) is 3.10. The first-order valence-corrected chi connectivity index (χ1v) is 8.77. The van der Waals surface area contributed by atoms with Crippen molar-refractivity contribution in [2.24, 2.45) is 5.41 Å². The van der Waals surface area contributed by atoms with Crippen LogP contribution in [0.3, 0.4) is 0 Å². The van der Waals surface area contributed by atoms with Gasteiger partial charge in [0.05, 0.1) is 16.6 Å². The Labute approximate surface area is 146 Å². The molecule has 0 bridgehead atoms. The second-order valence-electron chi connectivity index (χ2n) is 6.98. The Hall–Kier alpha value is -2.15. The van der Waals surface area contributed by atoms with E-state index in [0.29, 0.717) is 6.61 Å². The van der Waals surface area contributed by atoms with Gasteiger partial charge < -0.3 is 14.7 Å². The van der Waals surface area contributed by atoms with Crippen molar-refractivity contribution in [1.29, 1.82) is 0 Å². The molecule has 2 aliphatic carbocycles. The van der Waals surface area contributed by atoms with Crippen molar-refractivity contribution in [3.63, 3.8) is 0 Å². The Bertz CT molecular complexity index is 684. The van der Waals surface area contributed by atoms with Crippen molar-refractivity contribution in [3.8, 4) is 5.75 Å². The summed E-state index contributed by atoms with van der Waals surface area (Å²) in [5, 5.41) is 21.1. The number of amides is 1. The minimum Gasteiger partial charge on any atom is -0.502 e. The predicted octanol–water partition coefficient (Wildman–Crippen LogP) is 3.11. The van der Waals surface area contributed by atoms with Gasteiger partial charge in [0.2, 0.25) is 5.75 Å². The van der Waals surface area contributed by atoms with Crippen molar-refractivity contribution < 1.29 is 19.6 Å². The molecule has 3 rings (SSSR count). The first-order chi connectivity index (χ1) is 11.9. The highest BCUT2D eigenvalue weighted by Gasteiger charge is 2.59. The summed E-state index contributed by atoms with van der Waals surface area (Å²) in [4.78, 5) is 24.8. The number of rotatable bonds is 5. The van der Waals surface area contributed by atoms with Gasteiger partial charge >= 0.3 is 5.69 Å². The van der Waals surface area contributed by atoms with Crippen molar-refractivity contribution >= 4 is 11.6 Å². The van der Waals surface area contributed by atoms with Crippen LogP contribution in [-0.4, -0.2) is 46.6 Å². The SMILES string of the molecule is CCO[C@@H]1C[C@@H](N(C)C(=O)c2cccc([N+](=O)[O-])c2O)C12CCCC2. The van der Waals surface area contributed by atoms with Crippen molar-refractivity contribution in [2.75, 3.05) is 13.7 Å². The van der Waals surface area contributed by atoms with Crippen LogP contribution < -0.4 is 0 Å². The lowest BCUT2D eigenvalue weighted by Gasteiger charge is -2.57. The fourth-order valence-electron chi connectivity index (χ4n) is 4.58. The number of nitro groups is 1. The number of aromatic hydroxyl groups is 1. The number of hydrogen-bond donors (Lipinski definition) is 1. The summed E-state index contributed by atoms with van der Waals surface area (Å²) in [6, 6.07) is 4.09. The molecule has 1 aromatic carbocycles. The molecule has 2 saturated carbocycles. The van der Waals surface area contributed by atoms with Crippen LogP contribution in [0.4, 0.5) is 5.69 Å². The fourth-order valence-corrected chi connectivity index (χ4v) is 4.58. The number of nitrogens with zero attached hydrogens (tertiary/aromatic N) is 2. The third-order valence-electron chi connectivity index (χ3n) is 5.87. The Morgan fingerprint density at radius 1 is 1.44 bits per heavy atom. The van der Waals surface area contributed by atoms with E-state index in [4.69, 9.17) is 4.74 Å². The third-order valence-corrected chi connectivity index (χ3v) is 5.87. The molecule has 0 aromatic heterocycles. The number of ether oxygens (including phenoxy) is 1. The largest absolute Gasteiger partial charge is 0.502 e. The number of para-hydroxylation sites is 1. The molecule has 0 radical (unpaired) electrons. The highest BCUT2D eigenvalue weighted by Crippen LogP contribution is 2.56. The number of nitro benzene ring substituents is 1. The van der Waals surface area contributed by atoms with Gasteiger partial charge in [-0.25, -0.2) is 0 Å². The molecule has 1 amide bonds. The number of carbonyl (C=O) groups is 1. The number of phenolic OH excluding ortho intramolecular Hbond substituents is 1. The summed E-state index contributed by atoms with van der Waals surface area (Å²) >= 11 is 0. The topological polar surface area (TPSA) is 92.9 Å². The summed E-state index contributed by atoms with van der Waals surface area (Å²) < 4.78 is 5.88. The van der Waals surface area contributed by atoms with Crippen LogP contribution in [0.2, 0.25) is 0 Å². The fraction of sp³-hybridized carbons (Fsp3) is 0.611. The van der Waals surface area contributed by atoms with Gasteiger partial charge in [-0.05, 0) is 32.3 Å². The molecule has 1 aromatic rings. The molecule has 2 aliphatic rings. The quantitative estimate of drug-likeness (QED) is 0.652. The smallest absolute Gasteiger partial charge is 0.311 e. The van der Waals surface area contributed by atoms with Crippen molar-refractivity contribution in [2.45, 2.75) is 51.2 Å². The van der Waals surface area contributed by atoms with E-state index in [1.165, 1.54) is 18.2 Å². The highest BCUT2D eigenvalue weighted by atomic mass is 16.6. The summed E-state index contributed by atoms with van der Waals surface area (Å²) in [6.45, 7) is 2.63. The van der Waals surface area contributed by atoms with E-state index in [1.54, 1.807) is 11.9 Å². The van der Waals surface area contributed by atoms with E-state index in [2.05, 4.69) is 0 Å². The Morgan fingerprint density at radius 3 is 2.72 bits per heavy atom. The molecule has 0 unspecified atom stereocenters. The second kappa shape index (κ2) is 6.63. The molecule has 7 heteroatoms. The normalized spacial score (nSPS) is 24.1. The van der Waals surface area contributed by atoms with Gasteiger partial charge in [0.1, 0.15) is 0 Å². The van der Waals surface area contributed by atoms with E-state index >= 15 is 0 Å². The van der Waals surface area contributed by atoms with Crippen LogP contribution in [0.5, 0.6) is 5.75 Å². The van der Waals surface area contributed by atoms with Crippen LogP contribution in [0.25, 0.3) is 0 Å². The zero-order valence-corrected chi connectivity index (χ0v) is 14.6. The highest BCUT2D eigenvalue weighted by molar-refractivity contribution is 5.98. The predicted molar refractivity (Wildman–Crippen MR) is 91.6 cm³/mol. The van der Waals surface area contributed by atoms with Gasteiger partial charge in [0.25, 0.3) is 5.91 Å². The summed E-state index contributed by atoms with van der Waals surface area (Å²) in [5.41, 5.74) is -0.489. The van der Waals surface area contributed by atoms with Gasteiger partial charge in [-0.3, -0.25) is 14.9 Å². The summed E-state index contributed by atoms with van der Waals surface area (Å²) in [6.07, 6.45) is 5.25. The van der Waals surface area contributed by atoms with E-state index < -0.39 is 16.4 Å². The molecular weight excluding hydrogens is 324 g/mol. The molecule has 0 saturated heterocycles. The maximum atomic E-state index is 12.9. The number of phenols is 1. The van der Waals surface area contributed by atoms with E-state index in [0.717, 1.165) is 32.1 Å². The van der Waals surface area contributed by atoms with Crippen LogP contribution in [0.15, 0.2) is 18.2 Å². The van der Waals surface area contributed by atoms with E-state index in [9.17, 15) is 20.0 Å². The monoisotopic (exact) mass is 348 g/mol. The number of carbonyl (C=O) groups excluding carboxylic acids is 1. The summed E-state index contributed by atoms with van der Waals surface area (Å²) in [5.74, 6) is -0.946. The van der Waals surface area contributed by atoms with Crippen LogP contribution in [0.1, 0.15) is 49.4 Å². The van der Waals surface area contributed by atoms with Crippen molar-refractivity contribution in [1.82, 2.24) is 4.90 Å². The molecule has 0 heterocycles. The van der Waals surface area contributed by atoms with Crippen LogP contribution in [0, 0.1) is 15.5 Å². The minimum absolute atomic E-state index is 0.0171. The summed E-state index contributed by atoms with van der Waals surface area (Å²) in [7, 11) is 1.72. The van der Waals surface area contributed by atoms with Gasteiger partial charge in [-0.1, -0.05) is 18.9 Å². The van der Waals surface area contributed by atoms with Crippen LogP contribution in [-0.2, 0) is 4.74 Å². The van der Waals surface area contributed by atoms with Gasteiger partial charge in [0.15, 0.2) is 0 Å². The Balaban J connectivity index is 1.84. The first kappa shape index (κ1) is 17.7. The molecule has 2 fully saturated rings. The first-order valence-electron chi connectivity index (χ1n) is 8.77.